The molecule has 6 atom stereocenters. The standard InChI is InChI=1S/C22H24O9/c1-28-21-18(10-23)31-22(20(27)19(21)26)29-13-6-7-16-14(8-13)15(25)9-17(30-16)11-2-4-12(24)5-3-11/h2-8,17-24,26-27H,9-10H2,1H3/t17?,18-,19-,20-,21-,22-/m1/s1. The van der Waals surface area contributed by atoms with Crippen LogP contribution in [0.4, 0.5) is 0 Å². The summed E-state index contributed by atoms with van der Waals surface area (Å²) in [7, 11) is 1.34. The minimum atomic E-state index is -1.42. The smallest absolute Gasteiger partial charge is 0.229 e. The van der Waals surface area contributed by atoms with E-state index in [2.05, 4.69) is 0 Å². The van der Waals surface area contributed by atoms with E-state index in [-0.39, 0.29) is 23.7 Å². The van der Waals surface area contributed by atoms with E-state index in [9.17, 15) is 25.2 Å². The van der Waals surface area contributed by atoms with E-state index in [0.717, 1.165) is 5.56 Å². The van der Waals surface area contributed by atoms with Crippen molar-refractivity contribution in [2.24, 2.45) is 0 Å². The van der Waals surface area contributed by atoms with E-state index in [1.54, 1.807) is 24.3 Å². The van der Waals surface area contributed by atoms with Gasteiger partial charge in [0.2, 0.25) is 6.29 Å². The lowest BCUT2D eigenvalue weighted by molar-refractivity contribution is -0.281. The molecule has 0 bridgehead atoms. The number of hydrogen-bond acceptors (Lipinski definition) is 9. The van der Waals surface area contributed by atoms with Crippen LogP contribution in [0.15, 0.2) is 42.5 Å². The first kappa shape index (κ1) is 21.5. The van der Waals surface area contributed by atoms with Crippen LogP contribution in [-0.4, -0.2) is 70.6 Å². The number of ketones is 1. The van der Waals surface area contributed by atoms with Crippen LogP contribution in [0.2, 0.25) is 0 Å². The van der Waals surface area contributed by atoms with Crippen molar-refractivity contribution in [2.45, 2.75) is 43.2 Å². The summed E-state index contributed by atoms with van der Waals surface area (Å²) >= 11 is 0. The highest BCUT2D eigenvalue weighted by Crippen LogP contribution is 2.37. The van der Waals surface area contributed by atoms with Crippen molar-refractivity contribution in [3.63, 3.8) is 0 Å². The molecule has 0 saturated carbocycles. The number of phenolic OH excluding ortho intramolecular Hbond substituents is 1. The number of phenols is 1. The zero-order valence-corrected chi connectivity index (χ0v) is 16.7. The highest BCUT2D eigenvalue weighted by Gasteiger charge is 2.46. The Labute approximate surface area is 178 Å². The number of methoxy groups -OCH3 is 1. The Morgan fingerprint density at radius 1 is 1.10 bits per heavy atom. The third-order valence-electron chi connectivity index (χ3n) is 5.50. The minimum absolute atomic E-state index is 0.116. The van der Waals surface area contributed by atoms with Gasteiger partial charge >= 0.3 is 0 Å². The van der Waals surface area contributed by atoms with Gasteiger partial charge in [0.05, 0.1) is 18.6 Å². The number of aromatic hydroxyl groups is 1. The highest BCUT2D eigenvalue weighted by molar-refractivity contribution is 6.00. The second-order valence-corrected chi connectivity index (χ2v) is 7.51. The maximum atomic E-state index is 12.7. The molecular weight excluding hydrogens is 408 g/mol. The second-order valence-electron chi connectivity index (χ2n) is 7.51. The molecule has 9 heteroatoms. The average molecular weight is 432 g/mol. The number of carbonyl (C=O) groups is 1. The summed E-state index contributed by atoms with van der Waals surface area (Å²) in [5.41, 5.74) is 1.10. The van der Waals surface area contributed by atoms with E-state index >= 15 is 0 Å². The van der Waals surface area contributed by atoms with Gasteiger partial charge in [0.1, 0.15) is 47.8 Å². The molecule has 31 heavy (non-hydrogen) atoms. The number of carbonyl (C=O) groups excluding carboxylic acids is 1. The molecule has 2 aromatic carbocycles. The van der Waals surface area contributed by atoms with Crippen molar-refractivity contribution in [1.29, 1.82) is 0 Å². The van der Waals surface area contributed by atoms with Gasteiger partial charge in [-0.1, -0.05) is 12.1 Å². The zero-order valence-electron chi connectivity index (χ0n) is 16.7. The Morgan fingerprint density at radius 3 is 2.52 bits per heavy atom. The Hall–Kier alpha value is -2.69. The quantitative estimate of drug-likeness (QED) is 0.544. The van der Waals surface area contributed by atoms with Crippen LogP contribution in [0.1, 0.15) is 28.4 Å². The molecule has 0 spiro atoms. The van der Waals surface area contributed by atoms with Gasteiger partial charge in [-0.05, 0) is 35.9 Å². The molecule has 9 nitrogen and oxygen atoms in total. The average Bonchev–Trinajstić information content (AvgIpc) is 2.77. The maximum Gasteiger partial charge on any atom is 0.229 e. The van der Waals surface area contributed by atoms with Gasteiger partial charge in [-0.2, -0.15) is 0 Å². The van der Waals surface area contributed by atoms with Crippen molar-refractivity contribution in [2.75, 3.05) is 13.7 Å². The summed E-state index contributed by atoms with van der Waals surface area (Å²) in [6.07, 6.45) is -6.16. The fourth-order valence-electron chi connectivity index (χ4n) is 3.83. The van der Waals surface area contributed by atoms with Crippen molar-refractivity contribution in [3.05, 3.63) is 53.6 Å². The molecule has 4 rings (SSSR count). The van der Waals surface area contributed by atoms with Gasteiger partial charge in [-0.25, -0.2) is 0 Å². The molecule has 0 radical (unpaired) electrons. The van der Waals surface area contributed by atoms with Crippen molar-refractivity contribution >= 4 is 5.78 Å². The van der Waals surface area contributed by atoms with Gasteiger partial charge in [0.15, 0.2) is 5.78 Å². The Morgan fingerprint density at radius 2 is 1.84 bits per heavy atom. The predicted molar refractivity (Wildman–Crippen MR) is 106 cm³/mol. The number of Topliss-reactive ketones (excluding diaryl/α,β-unsaturated/α-hetero) is 1. The molecule has 0 amide bonds. The molecule has 0 aliphatic carbocycles. The number of ether oxygens (including phenoxy) is 4. The van der Waals surface area contributed by atoms with Gasteiger partial charge < -0.3 is 39.4 Å². The summed E-state index contributed by atoms with van der Waals surface area (Å²) in [5.74, 6) is 0.607. The monoisotopic (exact) mass is 432 g/mol. The van der Waals surface area contributed by atoms with Crippen LogP contribution in [0.25, 0.3) is 0 Å². The largest absolute Gasteiger partial charge is 0.508 e. The predicted octanol–water partition coefficient (Wildman–Crippen LogP) is 0.931. The van der Waals surface area contributed by atoms with E-state index in [4.69, 9.17) is 18.9 Å². The third-order valence-corrected chi connectivity index (χ3v) is 5.50. The van der Waals surface area contributed by atoms with Crippen molar-refractivity contribution in [3.8, 4) is 17.2 Å². The van der Waals surface area contributed by atoms with Crippen LogP contribution in [0.5, 0.6) is 17.2 Å². The van der Waals surface area contributed by atoms with Crippen LogP contribution in [0, 0.1) is 0 Å². The molecular formula is C22H24O9. The Bertz CT molecular complexity index is 927. The summed E-state index contributed by atoms with van der Waals surface area (Å²) in [5, 5.41) is 39.5. The van der Waals surface area contributed by atoms with Crippen LogP contribution in [0.3, 0.4) is 0 Å². The molecule has 166 valence electrons. The number of rotatable bonds is 5. The zero-order chi connectivity index (χ0) is 22.1. The van der Waals surface area contributed by atoms with Gasteiger partial charge in [-0.15, -0.1) is 0 Å². The summed E-state index contributed by atoms with van der Waals surface area (Å²) in [6.45, 7) is -0.433. The van der Waals surface area contributed by atoms with Crippen molar-refractivity contribution < 1.29 is 44.2 Å². The molecule has 2 aromatic rings. The van der Waals surface area contributed by atoms with E-state index in [1.165, 1.54) is 25.3 Å². The molecule has 1 saturated heterocycles. The lowest BCUT2D eigenvalue weighted by Gasteiger charge is -2.41. The lowest BCUT2D eigenvalue weighted by atomic mass is 9.96. The molecule has 2 aliphatic heterocycles. The molecule has 2 heterocycles. The van der Waals surface area contributed by atoms with Crippen LogP contribution >= 0.6 is 0 Å². The first-order valence-corrected chi connectivity index (χ1v) is 9.86. The SMILES string of the molecule is CO[C@H]1[C@H](O)[C@@H](O)[C@H](Oc2ccc3c(c2)C(=O)CC(c2ccc(O)cc2)O3)O[C@@H]1CO. The van der Waals surface area contributed by atoms with Gasteiger partial charge in [-0.3, -0.25) is 4.79 Å². The summed E-state index contributed by atoms with van der Waals surface area (Å²) in [4.78, 5) is 12.7. The summed E-state index contributed by atoms with van der Waals surface area (Å²) < 4.78 is 22.2. The van der Waals surface area contributed by atoms with Gasteiger partial charge in [0, 0.05) is 7.11 Å². The molecule has 0 aromatic heterocycles. The van der Waals surface area contributed by atoms with E-state index in [0.29, 0.717) is 11.3 Å². The van der Waals surface area contributed by atoms with Crippen molar-refractivity contribution in [1.82, 2.24) is 0 Å². The summed E-state index contributed by atoms with van der Waals surface area (Å²) in [6, 6.07) is 11.1. The second kappa shape index (κ2) is 8.81. The fraction of sp³-hybridized carbons (Fsp3) is 0.409. The molecule has 4 N–H and O–H groups in total. The first-order valence-electron chi connectivity index (χ1n) is 9.86. The molecule has 1 unspecified atom stereocenters. The minimum Gasteiger partial charge on any atom is -0.508 e. The number of benzene rings is 2. The lowest BCUT2D eigenvalue weighted by Crippen LogP contribution is -2.60. The van der Waals surface area contributed by atoms with Crippen LogP contribution in [-0.2, 0) is 9.47 Å². The normalized spacial score (nSPS) is 30.4. The highest BCUT2D eigenvalue weighted by atomic mass is 16.7. The number of aliphatic hydroxyl groups excluding tert-OH is 3. The molecule has 2 aliphatic rings. The number of hydrogen-bond donors (Lipinski definition) is 4. The Balaban J connectivity index is 1.51. The van der Waals surface area contributed by atoms with Gasteiger partial charge in [0.25, 0.3) is 0 Å². The Kier molecular flexibility index (Phi) is 6.12. The van der Waals surface area contributed by atoms with E-state index < -0.39 is 43.4 Å². The third kappa shape index (κ3) is 4.23. The topological polar surface area (TPSA) is 135 Å². The van der Waals surface area contributed by atoms with Crippen LogP contribution < -0.4 is 9.47 Å². The fourth-order valence-corrected chi connectivity index (χ4v) is 3.83. The number of aliphatic hydroxyl groups is 3. The van der Waals surface area contributed by atoms with E-state index in [1.807, 2.05) is 0 Å². The number of fused-ring (bicyclic) bond motifs is 1. The molecule has 1 fully saturated rings. The maximum absolute atomic E-state index is 12.7. The first-order chi connectivity index (χ1) is 14.9.